The van der Waals surface area contributed by atoms with Gasteiger partial charge in [0.25, 0.3) is 0 Å². The van der Waals surface area contributed by atoms with Crippen molar-refractivity contribution < 1.29 is 4.74 Å². The lowest BCUT2D eigenvalue weighted by Gasteiger charge is -2.08. The van der Waals surface area contributed by atoms with E-state index < -0.39 is 0 Å². The Morgan fingerprint density at radius 1 is 1.28 bits per heavy atom. The van der Waals surface area contributed by atoms with E-state index in [1.807, 2.05) is 18.3 Å². The molecule has 4 heteroatoms. The van der Waals surface area contributed by atoms with Crippen LogP contribution in [0.5, 0.6) is 5.75 Å². The normalized spacial score (nSPS) is 10.6. The van der Waals surface area contributed by atoms with E-state index in [-0.39, 0.29) is 0 Å². The molecule has 0 saturated carbocycles. The Morgan fingerprint density at radius 3 is 2.56 bits per heavy atom. The van der Waals surface area contributed by atoms with Crippen molar-refractivity contribution in [2.24, 2.45) is 5.73 Å². The van der Waals surface area contributed by atoms with E-state index in [1.54, 1.807) is 7.11 Å². The van der Waals surface area contributed by atoms with Crippen molar-refractivity contribution in [2.75, 3.05) is 7.11 Å². The molecule has 0 spiro atoms. The zero-order chi connectivity index (χ0) is 13.0. The molecule has 2 aromatic rings. The molecule has 2 rings (SSSR count). The third-order valence-electron chi connectivity index (χ3n) is 3.07. The van der Waals surface area contributed by atoms with E-state index in [4.69, 9.17) is 10.5 Å². The second kappa shape index (κ2) is 5.69. The van der Waals surface area contributed by atoms with Gasteiger partial charge in [-0.3, -0.25) is 0 Å². The number of imidazole rings is 1. The third kappa shape index (κ3) is 2.54. The first-order valence-corrected chi connectivity index (χ1v) is 6.14. The van der Waals surface area contributed by atoms with Gasteiger partial charge in [-0.25, -0.2) is 4.98 Å². The minimum Gasteiger partial charge on any atom is -0.497 e. The molecule has 1 aromatic heterocycles. The van der Waals surface area contributed by atoms with Gasteiger partial charge < -0.3 is 15.0 Å². The van der Waals surface area contributed by atoms with Crippen LogP contribution in [-0.4, -0.2) is 16.7 Å². The second-order valence-electron chi connectivity index (χ2n) is 4.14. The van der Waals surface area contributed by atoms with Gasteiger partial charge in [0.1, 0.15) is 11.6 Å². The summed E-state index contributed by atoms with van der Waals surface area (Å²) in [6, 6.07) is 8.07. The van der Waals surface area contributed by atoms with Crippen LogP contribution in [0.1, 0.15) is 24.0 Å². The van der Waals surface area contributed by atoms with Crippen LogP contribution in [0.3, 0.4) is 0 Å². The molecule has 18 heavy (non-hydrogen) atoms. The van der Waals surface area contributed by atoms with Crippen LogP contribution in [0.25, 0.3) is 0 Å². The van der Waals surface area contributed by atoms with Crippen LogP contribution in [-0.2, 0) is 19.5 Å². The molecule has 96 valence electrons. The molecule has 0 atom stereocenters. The largest absolute Gasteiger partial charge is 0.497 e. The van der Waals surface area contributed by atoms with Gasteiger partial charge in [-0.2, -0.15) is 0 Å². The number of methoxy groups -OCH3 is 1. The average molecular weight is 245 g/mol. The van der Waals surface area contributed by atoms with Gasteiger partial charge in [-0.15, -0.1) is 0 Å². The minimum absolute atomic E-state index is 0.531. The van der Waals surface area contributed by atoms with Gasteiger partial charge in [-0.1, -0.05) is 12.1 Å². The van der Waals surface area contributed by atoms with Crippen molar-refractivity contribution in [1.82, 2.24) is 9.55 Å². The predicted octanol–water partition coefficient (Wildman–Crippen LogP) is 1.96. The van der Waals surface area contributed by atoms with Crippen molar-refractivity contribution in [3.63, 3.8) is 0 Å². The van der Waals surface area contributed by atoms with E-state index >= 15 is 0 Å². The first kappa shape index (κ1) is 12.6. The summed E-state index contributed by atoms with van der Waals surface area (Å²) in [4.78, 5) is 4.45. The molecular weight excluding hydrogens is 226 g/mol. The molecule has 4 nitrogen and oxygen atoms in total. The molecule has 1 heterocycles. The Labute approximate surface area is 107 Å². The summed E-state index contributed by atoms with van der Waals surface area (Å²) < 4.78 is 7.32. The Morgan fingerprint density at radius 2 is 2.00 bits per heavy atom. The lowest BCUT2D eigenvalue weighted by atomic mass is 10.1. The van der Waals surface area contributed by atoms with Crippen LogP contribution >= 0.6 is 0 Å². The van der Waals surface area contributed by atoms with Gasteiger partial charge in [0.2, 0.25) is 0 Å². The average Bonchev–Trinajstić information content (AvgIpc) is 2.81. The number of aromatic nitrogens is 2. The highest BCUT2D eigenvalue weighted by atomic mass is 16.5. The van der Waals surface area contributed by atoms with Crippen LogP contribution in [0.4, 0.5) is 0 Å². The lowest BCUT2D eigenvalue weighted by molar-refractivity contribution is 0.414. The number of ether oxygens (including phenoxy) is 1. The summed E-state index contributed by atoms with van der Waals surface area (Å²) in [5.74, 6) is 1.93. The number of hydrogen-bond acceptors (Lipinski definition) is 3. The third-order valence-corrected chi connectivity index (χ3v) is 3.07. The van der Waals surface area contributed by atoms with Gasteiger partial charge in [0, 0.05) is 25.7 Å². The molecule has 0 aliphatic heterocycles. The van der Waals surface area contributed by atoms with Crippen LogP contribution in [0, 0.1) is 0 Å². The van der Waals surface area contributed by atoms with Crippen molar-refractivity contribution in [1.29, 1.82) is 0 Å². The fourth-order valence-electron chi connectivity index (χ4n) is 2.07. The second-order valence-corrected chi connectivity index (χ2v) is 4.14. The zero-order valence-electron chi connectivity index (χ0n) is 10.9. The van der Waals surface area contributed by atoms with E-state index in [0.717, 1.165) is 30.2 Å². The van der Waals surface area contributed by atoms with Crippen LogP contribution in [0.15, 0.2) is 30.5 Å². The van der Waals surface area contributed by atoms with E-state index in [0.29, 0.717) is 6.54 Å². The summed E-state index contributed by atoms with van der Waals surface area (Å²) in [6.07, 6.45) is 2.68. The Kier molecular flexibility index (Phi) is 3.99. The van der Waals surface area contributed by atoms with E-state index in [2.05, 4.69) is 28.6 Å². The van der Waals surface area contributed by atoms with Crippen molar-refractivity contribution >= 4 is 0 Å². The first-order valence-electron chi connectivity index (χ1n) is 6.14. The van der Waals surface area contributed by atoms with Gasteiger partial charge in [0.15, 0.2) is 0 Å². The van der Waals surface area contributed by atoms with Crippen molar-refractivity contribution in [3.8, 4) is 5.75 Å². The van der Waals surface area contributed by atoms with Crippen molar-refractivity contribution in [3.05, 3.63) is 47.5 Å². The fraction of sp³-hybridized carbons (Fsp3) is 0.357. The standard InChI is InChI=1S/C14H19N3O/c1-3-17-12(9-15)10-16-14(17)8-11-4-6-13(18-2)7-5-11/h4-7,10H,3,8-9,15H2,1-2H3. The Balaban J connectivity index is 2.19. The highest BCUT2D eigenvalue weighted by molar-refractivity contribution is 5.29. The monoisotopic (exact) mass is 245 g/mol. The molecule has 2 N–H and O–H groups in total. The summed E-state index contributed by atoms with van der Waals surface area (Å²) in [6.45, 7) is 3.54. The van der Waals surface area contributed by atoms with Crippen molar-refractivity contribution in [2.45, 2.75) is 26.4 Å². The van der Waals surface area contributed by atoms with E-state index in [1.165, 1.54) is 5.56 Å². The number of benzene rings is 1. The molecule has 0 aliphatic carbocycles. The summed E-state index contributed by atoms with van der Waals surface area (Å²) >= 11 is 0. The maximum absolute atomic E-state index is 5.69. The van der Waals surface area contributed by atoms with Gasteiger partial charge in [-0.05, 0) is 24.6 Å². The lowest BCUT2D eigenvalue weighted by Crippen LogP contribution is -2.09. The summed E-state index contributed by atoms with van der Waals surface area (Å²) in [7, 11) is 1.67. The smallest absolute Gasteiger partial charge is 0.118 e. The predicted molar refractivity (Wildman–Crippen MR) is 71.6 cm³/mol. The molecule has 0 amide bonds. The van der Waals surface area contributed by atoms with Crippen LogP contribution in [0.2, 0.25) is 0 Å². The van der Waals surface area contributed by atoms with Gasteiger partial charge >= 0.3 is 0 Å². The molecule has 0 unspecified atom stereocenters. The Hall–Kier alpha value is -1.81. The summed E-state index contributed by atoms with van der Waals surface area (Å²) in [5.41, 5.74) is 8.00. The fourth-order valence-corrected chi connectivity index (χ4v) is 2.07. The molecule has 0 aliphatic rings. The minimum atomic E-state index is 0.531. The summed E-state index contributed by atoms with van der Waals surface area (Å²) in [5, 5.41) is 0. The maximum Gasteiger partial charge on any atom is 0.118 e. The maximum atomic E-state index is 5.69. The molecule has 0 fully saturated rings. The molecular formula is C14H19N3O. The van der Waals surface area contributed by atoms with Gasteiger partial charge in [0.05, 0.1) is 12.8 Å². The highest BCUT2D eigenvalue weighted by Gasteiger charge is 2.08. The SMILES string of the molecule is CCn1c(CN)cnc1Cc1ccc(OC)cc1. The number of hydrogen-bond donors (Lipinski definition) is 1. The molecule has 0 bridgehead atoms. The molecule has 1 aromatic carbocycles. The zero-order valence-corrected chi connectivity index (χ0v) is 10.9. The highest BCUT2D eigenvalue weighted by Crippen LogP contribution is 2.15. The number of rotatable bonds is 5. The number of nitrogens with two attached hydrogens (primary N) is 1. The Bertz CT molecular complexity index is 502. The van der Waals surface area contributed by atoms with Crippen LogP contribution < -0.4 is 10.5 Å². The number of nitrogens with zero attached hydrogens (tertiary/aromatic N) is 2. The van der Waals surface area contributed by atoms with E-state index in [9.17, 15) is 0 Å². The quantitative estimate of drug-likeness (QED) is 0.876. The molecule has 0 radical (unpaired) electrons. The topological polar surface area (TPSA) is 53.1 Å². The first-order chi connectivity index (χ1) is 8.78. The molecule has 0 saturated heterocycles.